The third-order valence-electron chi connectivity index (χ3n) is 4.78. The molecular formula is C20H33NaO3S. The molecule has 0 aliphatic carbocycles. The minimum Gasteiger partial charge on any atom is -0.744 e. The van der Waals surface area contributed by atoms with Gasteiger partial charge in [-0.25, -0.2) is 8.42 Å². The van der Waals surface area contributed by atoms with E-state index in [0.29, 0.717) is 17.9 Å². The first-order valence-corrected chi connectivity index (χ1v) is 10.9. The van der Waals surface area contributed by atoms with E-state index in [2.05, 4.69) is 13.8 Å². The first-order valence-electron chi connectivity index (χ1n) is 9.52. The molecule has 0 spiro atoms. The summed E-state index contributed by atoms with van der Waals surface area (Å²) in [7, 11) is -4.40. The third kappa shape index (κ3) is 9.05. The van der Waals surface area contributed by atoms with Gasteiger partial charge in [-0.05, 0) is 42.4 Å². The molecular weight excluding hydrogens is 343 g/mol. The van der Waals surface area contributed by atoms with Crippen molar-refractivity contribution in [2.45, 2.75) is 95.8 Å². The average molecular weight is 377 g/mol. The summed E-state index contributed by atoms with van der Waals surface area (Å²) in [5, 5.41) is 0. The monoisotopic (exact) mass is 376 g/mol. The van der Waals surface area contributed by atoms with E-state index in [9.17, 15) is 13.0 Å². The maximum absolute atomic E-state index is 11.6. The quantitative estimate of drug-likeness (QED) is 0.320. The molecule has 1 unspecified atom stereocenters. The molecule has 0 radical (unpaired) electrons. The summed E-state index contributed by atoms with van der Waals surface area (Å²) in [5.41, 5.74) is 1.65. The Balaban J connectivity index is 0.00000576. The Labute approximate surface area is 177 Å². The van der Waals surface area contributed by atoms with Gasteiger partial charge in [-0.3, -0.25) is 0 Å². The maximum atomic E-state index is 11.6. The zero-order chi connectivity index (χ0) is 18.0. The van der Waals surface area contributed by atoms with Crippen LogP contribution in [0.3, 0.4) is 0 Å². The average Bonchev–Trinajstić information content (AvgIpc) is 2.56. The standard InChI is InChI=1S/C20H34O3S.Na/c1-4-7-9-10-11-13-18(12-8-5-2)19-15-14-17(6-3)20(16-19)24(21,22)23;/h14-16,18H,4-13H2,1-3H3,(H,21,22,23);/q;+1/p-1. The third-order valence-corrected chi connectivity index (χ3v) is 5.69. The Hall–Kier alpha value is 0.130. The molecule has 0 amide bonds. The molecule has 0 bridgehead atoms. The molecule has 0 N–H and O–H groups in total. The zero-order valence-electron chi connectivity index (χ0n) is 16.5. The predicted molar refractivity (Wildman–Crippen MR) is 99.4 cm³/mol. The summed E-state index contributed by atoms with van der Waals surface area (Å²) in [5.74, 6) is 0.359. The van der Waals surface area contributed by atoms with E-state index in [1.165, 1.54) is 32.1 Å². The van der Waals surface area contributed by atoms with Crippen LogP contribution in [0.2, 0.25) is 0 Å². The van der Waals surface area contributed by atoms with Crippen LogP contribution in [0.4, 0.5) is 0 Å². The largest absolute Gasteiger partial charge is 1.00 e. The number of hydrogen-bond acceptors (Lipinski definition) is 3. The van der Waals surface area contributed by atoms with Gasteiger partial charge in [-0.2, -0.15) is 0 Å². The molecule has 1 rings (SSSR count). The Morgan fingerprint density at radius 3 is 2.08 bits per heavy atom. The normalized spacial score (nSPS) is 12.6. The predicted octanol–water partition coefficient (Wildman–Crippen LogP) is 2.79. The Bertz CT molecular complexity index is 585. The molecule has 0 aromatic heterocycles. The SMILES string of the molecule is CCCCCCCC(CCCC)c1ccc(CC)c(S(=O)(=O)[O-])c1.[Na+]. The van der Waals surface area contributed by atoms with E-state index >= 15 is 0 Å². The fourth-order valence-electron chi connectivity index (χ4n) is 3.27. The van der Waals surface area contributed by atoms with Gasteiger partial charge in [0.15, 0.2) is 0 Å². The summed E-state index contributed by atoms with van der Waals surface area (Å²) in [6.07, 6.45) is 11.2. The van der Waals surface area contributed by atoms with Crippen LogP contribution in [0.15, 0.2) is 23.1 Å². The molecule has 1 aromatic carbocycles. The van der Waals surface area contributed by atoms with E-state index in [-0.39, 0.29) is 34.5 Å². The number of hydrogen-bond donors (Lipinski definition) is 0. The first-order chi connectivity index (χ1) is 11.4. The number of aryl methyl sites for hydroxylation is 1. The van der Waals surface area contributed by atoms with Gasteiger partial charge in [0.2, 0.25) is 0 Å². The second kappa shape index (κ2) is 13.3. The molecule has 3 nitrogen and oxygen atoms in total. The molecule has 25 heavy (non-hydrogen) atoms. The molecule has 5 heteroatoms. The summed E-state index contributed by atoms with van der Waals surface area (Å²) >= 11 is 0. The number of unbranched alkanes of at least 4 members (excludes halogenated alkanes) is 5. The van der Waals surface area contributed by atoms with Crippen molar-refractivity contribution in [3.8, 4) is 0 Å². The molecule has 0 fully saturated rings. The maximum Gasteiger partial charge on any atom is 1.00 e. The van der Waals surface area contributed by atoms with E-state index in [1.54, 1.807) is 6.07 Å². The summed E-state index contributed by atoms with van der Waals surface area (Å²) in [6.45, 7) is 6.27. The van der Waals surface area contributed by atoms with Gasteiger partial charge >= 0.3 is 29.6 Å². The Morgan fingerprint density at radius 1 is 0.920 bits per heavy atom. The van der Waals surface area contributed by atoms with Crippen LogP contribution in [0.25, 0.3) is 0 Å². The van der Waals surface area contributed by atoms with Crippen molar-refractivity contribution in [2.24, 2.45) is 0 Å². The number of rotatable bonds is 12. The second-order valence-electron chi connectivity index (χ2n) is 6.72. The van der Waals surface area contributed by atoms with E-state index < -0.39 is 10.1 Å². The van der Waals surface area contributed by atoms with E-state index in [0.717, 1.165) is 31.2 Å². The molecule has 0 saturated heterocycles. The van der Waals surface area contributed by atoms with Crippen molar-refractivity contribution in [1.82, 2.24) is 0 Å². The van der Waals surface area contributed by atoms with Crippen molar-refractivity contribution in [3.63, 3.8) is 0 Å². The topological polar surface area (TPSA) is 57.2 Å². The summed E-state index contributed by atoms with van der Waals surface area (Å²) in [4.78, 5) is -0.0185. The van der Waals surface area contributed by atoms with Gasteiger partial charge in [0, 0.05) is 0 Å². The smallest absolute Gasteiger partial charge is 0.744 e. The molecule has 0 aliphatic rings. The molecule has 1 atom stereocenters. The second-order valence-corrected chi connectivity index (χ2v) is 8.06. The fraction of sp³-hybridized carbons (Fsp3) is 0.700. The van der Waals surface area contributed by atoms with Crippen LogP contribution in [-0.4, -0.2) is 13.0 Å². The molecule has 0 saturated carbocycles. The van der Waals surface area contributed by atoms with Gasteiger partial charge in [0.1, 0.15) is 10.1 Å². The van der Waals surface area contributed by atoms with Crippen LogP contribution in [0.5, 0.6) is 0 Å². The van der Waals surface area contributed by atoms with Crippen LogP contribution >= 0.6 is 0 Å². The minimum atomic E-state index is -4.40. The van der Waals surface area contributed by atoms with Crippen molar-refractivity contribution < 1.29 is 42.5 Å². The van der Waals surface area contributed by atoms with Gasteiger partial charge in [-0.15, -0.1) is 0 Å². The van der Waals surface area contributed by atoms with E-state index in [1.807, 2.05) is 19.1 Å². The van der Waals surface area contributed by atoms with Crippen LogP contribution in [-0.2, 0) is 16.5 Å². The fourth-order valence-corrected chi connectivity index (χ4v) is 4.09. The molecule has 0 heterocycles. The molecule has 0 aliphatic heterocycles. The van der Waals surface area contributed by atoms with Crippen molar-refractivity contribution in [1.29, 1.82) is 0 Å². The van der Waals surface area contributed by atoms with Crippen LogP contribution < -0.4 is 29.6 Å². The minimum absolute atomic E-state index is 0. The molecule has 1 aromatic rings. The van der Waals surface area contributed by atoms with Gasteiger partial charge in [-0.1, -0.05) is 77.8 Å². The first kappa shape index (κ1) is 25.1. The molecule has 138 valence electrons. The van der Waals surface area contributed by atoms with Gasteiger partial charge in [0.25, 0.3) is 0 Å². The van der Waals surface area contributed by atoms with Crippen molar-refractivity contribution in [3.05, 3.63) is 29.3 Å². The van der Waals surface area contributed by atoms with Crippen LogP contribution in [0, 0.1) is 0 Å². The van der Waals surface area contributed by atoms with E-state index in [4.69, 9.17) is 0 Å². The van der Waals surface area contributed by atoms with Crippen molar-refractivity contribution in [2.75, 3.05) is 0 Å². The zero-order valence-corrected chi connectivity index (χ0v) is 19.3. The van der Waals surface area contributed by atoms with Gasteiger partial charge < -0.3 is 4.55 Å². The Kier molecular flexibility index (Phi) is 13.4. The van der Waals surface area contributed by atoms with Gasteiger partial charge in [0.05, 0.1) is 4.90 Å². The summed E-state index contributed by atoms with van der Waals surface area (Å²) in [6, 6.07) is 5.50. The Morgan fingerprint density at radius 2 is 1.52 bits per heavy atom. The number of benzene rings is 1. The van der Waals surface area contributed by atoms with Crippen molar-refractivity contribution >= 4 is 10.1 Å². The summed E-state index contributed by atoms with van der Waals surface area (Å²) < 4.78 is 34.7. The van der Waals surface area contributed by atoms with Crippen LogP contribution in [0.1, 0.15) is 95.6 Å².